The molecule has 0 radical (unpaired) electrons. The Bertz CT molecular complexity index is 512. The smallest absolute Gasteiger partial charge is 0.246 e. The first-order valence-corrected chi connectivity index (χ1v) is 7.24. The van der Waals surface area contributed by atoms with E-state index < -0.39 is 10.0 Å². The summed E-state index contributed by atoms with van der Waals surface area (Å²) in [5, 5.41) is 0.170. The maximum Gasteiger partial charge on any atom is 0.246 e. The molecule has 1 aromatic heterocycles. The van der Waals surface area contributed by atoms with E-state index >= 15 is 0 Å². The maximum absolute atomic E-state index is 12.3. The fourth-order valence-electron chi connectivity index (χ4n) is 1.88. The van der Waals surface area contributed by atoms with Crippen molar-refractivity contribution in [2.45, 2.75) is 24.2 Å². The molecule has 0 unspecified atom stereocenters. The third kappa shape index (κ3) is 2.38. The van der Waals surface area contributed by atoms with E-state index in [4.69, 9.17) is 17.3 Å². The summed E-state index contributed by atoms with van der Waals surface area (Å²) in [7, 11) is -3.55. The lowest BCUT2D eigenvalue weighted by atomic mass is 10.2. The highest BCUT2D eigenvalue weighted by atomic mass is 35.5. The highest BCUT2D eigenvalue weighted by molar-refractivity contribution is 7.89. The van der Waals surface area contributed by atoms with Gasteiger partial charge in [0.25, 0.3) is 0 Å². The van der Waals surface area contributed by atoms with E-state index in [2.05, 4.69) is 4.98 Å². The van der Waals surface area contributed by atoms with Crippen LogP contribution in [0.4, 0.5) is 5.69 Å². The molecule has 0 spiro atoms. The zero-order valence-electron chi connectivity index (χ0n) is 9.26. The number of sulfonamides is 1. The second-order valence-electron chi connectivity index (χ2n) is 4.00. The van der Waals surface area contributed by atoms with Crippen LogP contribution >= 0.6 is 11.6 Å². The molecule has 0 saturated carbocycles. The molecular weight excluding hydrogens is 262 g/mol. The molecule has 5 nitrogen and oxygen atoms in total. The highest BCUT2D eigenvalue weighted by Crippen LogP contribution is 2.28. The van der Waals surface area contributed by atoms with Crippen LogP contribution < -0.4 is 5.73 Å². The number of rotatable bonds is 2. The summed E-state index contributed by atoms with van der Waals surface area (Å²) in [4.78, 5) is 3.79. The predicted octanol–water partition coefficient (Wildman–Crippen LogP) is 1.49. The van der Waals surface area contributed by atoms with Gasteiger partial charge in [-0.25, -0.2) is 8.42 Å². The number of piperidine rings is 1. The van der Waals surface area contributed by atoms with Crippen LogP contribution in [0.3, 0.4) is 0 Å². The Morgan fingerprint density at radius 2 is 1.88 bits per heavy atom. The Morgan fingerprint density at radius 3 is 2.53 bits per heavy atom. The molecule has 1 aliphatic rings. The quantitative estimate of drug-likeness (QED) is 0.887. The van der Waals surface area contributed by atoms with Crippen molar-refractivity contribution in [1.82, 2.24) is 9.29 Å². The van der Waals surface area contributed by atoms with E-state index in [1.807, 2.05) is 0 Å². The number of hydrogen-bond donors (Lipinski definition) is 1. The van der Waals surface area contributed by atoms with Crippen LogP contribution in [0.2, 0.25) is 5.02 Å². The van der Waals surface area contributed by atoms with Gasteiger partial charge < -0.3 is 5.73 Å². The molecule has 1 saturated heterocycles. The van der Waals surface area contributed by atoms with Crippen LogP contribution in [0.15, 0.2) is 17.3 Å². The summed E-state index contributed by atoms with van der Waals surface area (Å²) in [6.07, 6.45) is 5.42. The normalized spacial score (nSPS) is 18.2. The van der Waals surface area contributed by atoms with Gasteiger partial charge >= 0.3 is 0 Å². The van der Waals surface area contributed by atoms with Crippen LogP contribution in [0, 0.1) is 0 Å². The molecule has 1 aromatic rings. The minimum atomic E-state index is -3.55. The molecule has 0 aromatic carbocycles. The average Bonchev–Trinajstić information content (AvgIpc) is 2.33. The van der Waals surface area contributed by atoms with Crippen LogP contribution in [0.25, 0.3) is 0 Å². The van der Waals surface area contributed by atoms with Crippen molar-refractivity contribution in [3.05, 3.63) is 17.4 Å². The number of aromatic nitrogens is 1. The van der Waals surface area contributed by atoms with Gasteiger partial charge in [-0.15, -0.1) is 0 Å². The molecule has 2 N–H and O–H groups in total. The van der Waals surface area contributed by atoms with Crippen molar-refractivity contribution in [2.75, 3.05) is 18.8 Å². The molecule has 94 valence electrons. The number of nitrogens with zero attached hydrogens (tertiary/aromatic N) is 2. The SMILES string of the molecule is Nc1c(Cl)cncc1S(=O)(=O)N1CCCCC1. The van der Waals surface area contributed by atoms with E-state index in [1.165, 1.54) is 16.7 Å². The Balaban J connectivity index is 2.40. The van der Waals surface area contributed by atoms with Crippen LogP contribution in [-0.2, 0) is 10.0 Å². The molecule has 0 bridgehead atoms. The number of pyridine rings is 1. The third-order valence-corrected chi connectivity index (χ3v) is 5.06. The number of halogens is 1. The van der Waals surface area contributed by atoms with Gasteiger partial charge in [-0.2, -0.15) is 4.31 Å². The molecule has 2 rings (SSSR count). The topological polar surface area (TPSA) is 76.3 Å². The van der Waals surface area contributed by atoms with Gasteiger partial charge in [-0.3, -0.25) is 4.98 Å². The summed E-state index contributed by atoms with van der Waals surface area (Å²) in [5.74, 6) is 0. The van der Waals surface area contributed by atoms with Crippen molar-refractivity contribution in [1.29, 1.82) is 0 Å². The lowest BCUT2D eigenvalue weighted by molar-refractivity contribution is 0.346. The standard InChI is InChI=1S/C10H14ClN3O2S/c11-8-6-13-7-9(10(8)12)17(15,16)14-4-2-1-3-5-14/h6-7H,1-5H2,(H2,12,13). The van der Waals surface area contributed by atoms with E-state index in [0.717, 1.165) is 19.3 Å². The first kappa shape index (κ1) is 12.6. The fraction of sp³-hybridized carbons (Fsp3) is 0.500. The molecule has 2 heterocycles. The van der Waals surface area contributed by atoms with Gasteiger partial charge in [0, 0.05) is 25.5 Å². The number of hydrogen-bond acceptors (Lipinski definition) is 4. The molecule has 1 aliphatic heterocycles. The highest BCUT2D eigenvalue weighted by Gasteiger charge is 2.28. The summed E-state index contributed by atoms with van der Waals surface area (Å²) in [6, 6.07) is 0. The molecular formula is C10H14ClN3O2S. The predicted molar refractivity (Wildman–Crippen MR) is 66.3 cm³/mol. The Kier molecular flexibility index (Phi) is 3.56. The van der Waals surface area contributed by atoms with Crippen LogP contribution in [0.1, 0.15) is 19.3 Å². The maximum atomic E-state index is 12.3. The van der Waals surface area contributed by atoms with Crippen molar-refractivity contribution in [2.24, 2.45) is 0 Å². The zero-order valence-corrected chi connectivity index (χ0v) is 10.8. The molecule has 0 aliphatic carbocycles. The number of anilines is 1. The summed E-state index contributed by atoms with van der Waals surface area (Å²) in [6.45, 7) is 1.07. The number of nitrogens with two attached hydrogens (primary N) is 1. The minimum Gasteiger partial charge on any atom is -0.396 e. The zero-order chi connectivity index (χ0) is 12.5. The van der Waals surface area contributed by atoms with Crippen LogP contribution in [0.5, 0.6) is 0 Å². The Morgan fingerprint density at radius 1 is 1.24 bits per heavy atom. The first-order chi connectivity index (χ1) is 8.03. The van der Waals surface area contributed by atoms with E-state index in [0.29, 0.717) is 13.1 Å². The van der Waals surface area contributed by atoms with Crippen molar-refractivity contribution in [3.8, 4) is 0 Å². The second-order valence-corrected chi connectivity index (χ2v) is 6.31. The molecule has 7 heteroatoms. The van der Waals surface area contributed by atoms with E-state index in [9.17, 15) is 8.42 Å². The average molecular weight is 276 g/mol. The monoisotopic (exact) mass is 275 g/mol. The lowest BCUT2D eigenvalue weighted by Gasteiger charge is -2.26. The van der Waals surface area contributed by atoms with Crippen molar-refractivity contribution >= 4 is 27.3 Å². The van der Waals surface area contributed by atoms with Gasteiger partial charge in [-0.05, 0) is 12.8 Å². The van der Waals surface area contributed by atoms with Crippen molar-refractivity contribution < 1.29 is 8.42 Å². The van der Waals surface area contributed by atoms with Gasteiger partial charge in [0.1, 0.15) is 4.90 Å². The van der Waals surface area contributed by atoms with E-state index in [1.54, 1.807) is 0 Å². The fourth-order valence-corrected chi connectivity index (χ4v) is 3.69. The molecule has 17 heavy (non-hydrogen) atoms. The number of nitrogen functional groups attached to an aromatic ring is 1. The van der Waals surface area contributed by atoms with Gasteiger partial charge in [0.2, 0.25) is 10.0 Å². The minimum absolute atomic E-state index is 0.00639. The summed E-state index contributed by atoms with van der Waals surface area (Å²) in [5.41, 5.74) is 5.77. The lowest BCUT2D eigenvalue weighted by Crippen LogP contribution is -2.36. The molecule has 0 atom stereocenters. The largest absolute Gasteiger partial charge is 0.396 e. The van der Waals surface area contributed by atoms with E-state index in [-0.39, 0.29) is 15.6 Å². The van der Waals surface area contributed by atoms with Crippen LogP contribution in [-0.4, -0.2) is 30.8 Å². The summed E-state index contributed by atoms with van der Waals surface area (Å²) < 4.78 is 26.1. The van der Waals surface area contributed by atoms with Crippen molar-refractivity contribution in [3.63, 3.8) is 0 Å². The second kappa shape index (κ2) is 4.80. The third-order valence-electron chi connectivity index (χ3n) is 2.84. The van der Waals surface area contributed by atoms with Gasteiger partial charge in [0.15, 0.2) is 0 Å². The van der Waals surface area contributed by atoms with Gasteiger partial charge in [-0.1, -0.05) is 18.0 Å². The molecule has 0 amide bonds. The Hall–Kier alpha value is -0.850. The summed E-state index contributed by atoms with van der Waals surface area (Å²) >= 11 is 5.79. The first-order valence-electron chi connectivity index (χ1n) is 5.42. The van der Waals surface area contributed by atoms with Gasteiger partial charge in [0.05, 0.1) is 10.7 Å². The Labute approximate surface area is 106 Å². The molecule has 1 fully saturated rings.